The van der Waals surface area contributed by atoms with E-state index in [-0.39, 0.29) is 0 Å². The van der Waals surface area contributed by atoms with Crippen molar-refractivity contribution in [2.45, 2.75) is 39.7 Å². The molecule has 6 heteroatoms. The predicted molar refractivity (Wildman–Crippen MR) is 96.9 cm³/mol. The Morgan fingerprint density at radius 1 is 1.27 bits per heavy atom. The van der Waals surface area contributed by atoms with Gasteiger partial charge in [-0.25, -0.2) is 9.98 Å². The van der Waals surface area contributed by atoms with Crippen LogP contribution in [0, 0.1) is 6.92 Å². The Kier molecular flexibility index (Phi) is 7.39. The molecule has 0 bridgehead atoms. The lowest BCUT2D eigenvalue weighted by molar-refractivity contribution is 0.692. The molecule has 2 heterocycles. The Labute approximate surface area is 140 Å². The van der Waals surface area contributed by atoms with Crippen LogP contribution in [0.25, 0.3) is 0 Å². The fraction of sp³-hybridized carbons (Fsp3) is 0.500. The lowest BCUT2D eigenvalue weighted by atomic mass is 10.2. The van der Waals surface area contributed by atoms with Gasteiger partial charge < -0.3 is 10.6 Å². The maximum atomic E-state index is 4.61. The zero-order chi connectivity index (χ0) is 15.6. The molecule has 22 heavy (non-hydrogen) atoms. The molecular formula is C16H24N4S2. The summed E-state index contributed by atoms with van der Waals surface area (Å²) in [5.74, 6) is 0.904. The standard InChI is InChI=1S/C16H24N4S2/c1-3-17-16(19-11-14-7-6-10-21-14)18-9-5-4-8-15-20-13(2)12-22-15/h6-7,10,12H,3-5,8-9,11H2,1-2H3,(H2,17,18,19). The van der Waals surface area contributed by atoms with Crippen LogP contribution in [0.15, 0.2) is 27.9 Å². The number of aliphatic imine (C=N–C) groups is 1. The molecule has 2 aromatic rings. The van der Waals surface area contributed by atoms with Crippen molar-refractivity contribution in [3.8, 4) is 0 Å². The molecule has 0 saturated carbocycles. The third-order valence-electron chi connectivity index (χ3n) is 3.09. The largest absolute Gasteiger partial charge is 0.357 e. The molecule has 0 radical (unpaired) electrons. The molecule has 0 aliphatic heterocycles. The molecule has 4 nitrogen and oxygen atoms in total. The van der Waals surface area contributed by atoms with Crippen LogP contribution in [0.4, 0.5) is 0 Å². The van der Waals surface area contributed by atoms with Gasteiger partial charge in [0.25, 0.3) is 0 Å². The van der Waals surface area contributed by atoms with E-state index in [0.29, 0.717) is 0 Å². The summed E-state index contributed by atoms with van der Waals surface area (Å²) in [5.41, 5.74) is 1.13. The van der Waals surface area contributed by atoms with Gasteiger partial charge in [0.15, 0.2) is 5.96 Å². The second kappa shape index (κ2) is 9.58. The number of nitrogens with one attached hydrogen (secondary N) is 2. The fourth-order valence-corrected chi connectivity index (χ4v) is 3.47. The summed E-state index contributed by atoms with van der Waals surface area (Å²) in [7, 11) is 0. The first-order chi connectivity index (χ1) is 10.8. The summed E-state index contributed by atoms with van der Waals surface area (Å²) >= 11 is 3.51. The van der Waals surface area contributed by atoms with Crippen molar-refractivity contribution in [2.75, 3.05) is 13.1 Å². The van der Waals surface area contributed by atoms with Crippen molar-refractivity contribution in [3.05, 3.63) is 38.5 Å². The van der Waals surface area contributed by atoms with Gasteiger partial charge in [-0.15, -0.1) is 22.7 Å². The molecule has 0 amide bonds. The van der Waals surface area contributed by atoms with E-state index in [4.69, 9.17) is 0 Å². The second-order valence-corrected chi connectivity index (χ2v) is 7.02. The van der Waals surface area contributed by atoms with Crippen LogP contribution < -0.4 is 10.6 Å². The fourth-order valence-electron chi connectivity index (χ4n) is 2.03. The van der Waals surface area contributed by atoms with Crippen molar-refractivity contribution in [2.24, 2.45) is 4.99 Å². The van der Waals surface area contributed by atoms with Crippen LogP contribution in [0.5, 0.6) is 0 Å². The van der Waals surface area contributed by atoms with Crippen LogP contribution in [-0.2, 0) is 13.0 Å². The summed E-state index contributed by atoms with van der Waals surface area (Å²) in [6.07, 6.45) is 3.36. The number of hydrogen-bond acceptors (Lipinski definition) is 4. The van der Waals surface area contributed by atoms with Crippen molar-refractivity contribution in [3.63, 3.8) is 0 Å². The molecule has 2 rings (SSSR count). The minimum atomic E-state index is 0.741. The Balaban J connectivity index is 1.66. The summed E-state index contributed by atoms with van der Waals surface area (Å²) in [6.45, 7) is 6.71. The molecule has 0 aromatic carbocycles. The number of aryl methyl sites for hydroxylation is 2. The molecule has 0 aliphatic carbocycles. The van der Waals surface area contributed by atoms with Crippen LogP contribution in [0.2, 0.25) is 0 Å². The van der Waals surface area contributed by atoms with Crippen molar-refractivity contribution in [1.82, 2.24) is 15.6 Å². The number of hydrogen-bond donors (Lipinski definition) is 2. The molecule has 0 unspecified atom stereocenters. The van der Waals surface area contributed by atoms with Crippen LogP contribution in [0.3, 0.4) is 0 Å². The first-order valence-electron chi connectivity index (χ1n) is 7.73. The molecule has 0 spiro atoms. The summed E-state index contributed by atoms with van der Waals surface area (Å²) < 4.78 is 0. The van der Waals surface area contributed by atoms with Gasteiger partial charge in [-0.05, 0) is 44.6 Å². The third-order valence-corrected chi connectivity index (χ3v) is 4.98. The number of nitrogens with zero attached hydrogens (tertiary/aromatic N) is 2. The molecule has 2 aromatic heterocycles. The number of rotatable bonds is 8. The van der Waals surface area contributed by atoms with Gasteiger partial charge in [-0.2, -0.15) is 0 Å². The zero-order valence-corrected chi connectivity index (χ0v) is 14.9. The van der Waals surface area contributed by atoms with Gasteiger partial charge in [0, 0.05) is 29.0 Å². The van der Waals surface area contributed by atoms with E-state index in [1.165, 1.54) is 9.88 Å². The van der Waals surface area contributed by atoms with Crippen LogP contribution in [-0.4, -0.2) is 24.0 Å². The van der Waals surface area contributed by atoms with Gasteiger partial charge >= 0.3 is 0 Å². The van der Waals surface area contributed by atoms with Gasteiger partial charge in [0.05, 0.1) is 11.6 Å². The maximum Gasteiger partial charge on any atom is 0.191 e. The Hall–Kier alpha value is -1.40. The van der Waals surface area contributed by atoms with E-state index in [9.17, 15) is 0 Å². The SMILES string of the molecule is CCNC(=NCc1cccs1)NCCCCc1nc(C)cs1. The Morgan fingerprint density at radius 3 is 2.86 bits per heavy atom. The van der Waals surface area contributed by atoms with Crippen LogP contribution in [0.1, 0.15) is 35.3 Å². The zero-order valence-electron chi connectivity index (χ0n) is 13.3. The number of guanidine groups is 1. The molecule has 2 N–H and O–H groups in total. The quantitative estimate of drug-likeness (QED) is 0.440. The van der Waals surface area contributed by atoms with E-state index in [0.717, 1.165) is 50.6 Å². The van der Waals surface area contributed by atoms with E-state index in [1.807, 2.05) is 6.92 Å². The first kappa shape index (κ1) is 17.0. The Morgan fingerprint density at radius 2 is 2.18 bits per heavy atom. The number of thiazole rings is 1. The smallest absolute Gasteiger partial charge is 0.191 e. The average molecular weight is 337 g/mol. The van der Waals surface area contributed by atoms with Crippen molar-refractivity contribution < 1.29 is 0 Å². The molecule has 0 saturated heterocycles. The summed E-state index contributed by atoms with van der Waals surface area (Å²) in [6, 6.07) is 4.18. The number of unbranched alkanes of at least 4 members (excludes halogenated alkanes) is 1. The highest BCUT2D eigenvalue weighted by Crippen LogP contribution is 2.11. The highest BCUT2D eigenvalue weighted by atomic mass is 32.1. The van der Waals surface area contributed by atoms with Crippen molar-refractivity contribution >= 4 is 28.6 Å². The third kappa shape index (κ3) is 6.15. The minimum absolute atomic E-state index is 0.741. The number of thiophene rings is 1. The Bertz CT molecular complexity index is 560. The van der Waals surface area contributed by atoms with Gasteiger partial charge in [0.2, 0.25) is 0 Å². The maximum absolute atomic E-state index is 4.61. The van der Waals surface area contributed by atoms with Gasteiger partial charge in [-0.1, -0.05) is 6.07 Å². The van der Waals surface area contributed by atoms with Crippen molar-refractivity contribution in [1.29, 1.82) is 0 Å². The first-order valence-corrected chi connectivity index (χ1v) is 9.49. The van der Waals surface area contributed by atoms with E-state index < -0.39 is 0 Å². The van der Waals surface area contributed by atoms with E-state index >= 15 is 0 Å². The highest BCUT2D eigenvalue weighted by Gasteiger charge is 2.00. The molecular weight excluding hydrogens is 312 g/mol. The van der Waals surface area contributed by atoms with E-state index in [1.54, 1.807) is 22.7 Å². The van der Waals surface area contributed by atoms with E-state index in [2.05, 4.69) is 50.4 Å². The molecule has 0 atom stereocenters. The van der Waals surface area contributed by atoms with Gasteiger partial charge in [0.1, 0.15) is 0 Å². The molecule has 0 aliphatic rings. The lowest BCUT2D eigenvalue weighted by Gasteiger charge is -2.10. The second-order valence-electron chi connectivity index (χ2n) is 5.04. The monoisotopic (exact) mass is 336 g/mol. The summed E-state index contributed by atoms with van der Waals surface area (Å²) in [4.78, 5) is 10.4. The number of aromatic nitrogens is 1. The van der Waals surface area contributed by atoms with Gasteiger partial charge in [-0.3, -0.25) is 0 Å². The lowest BCUT2D eigenvalue weighted by Crippen LogP contribution is -2.37. The molecule has 0 fully saturated rings. The summed E-state index contributed by atoms with van der Waals surface area (Å²) in [5, 5.41) is 12.1. The molecule has 120 valence electrons. The predicted octanol–water partition coefficient (Wildman–Crippen LogP) is 3.59. The highest BCUT2D eigenvalue weighted by molar-refractivity contribution is 7.10. The average Bonchev–Trinajstić information content (AvgIpc) is 3.16. The minimum Gasteiger partial charge on any atom is -0.357 e. The normalized spacial score (nSPS) is 11.6. The van der Waals surface area contributed by atoms with Crippen LogP contribution >= 0.6 is 22.7 Å². The topological polar surface area (TPSA) is 49.3 Å².